The monoisotopic (exact) mass is 534 g/mol. The van der Waals surface area contributed by atoms with Crippen LogP contribution in [0, 0.1) is 0 Å². The molecule has 0 saturated heterocycles. The Morgan fingerprint density at radius 1 is 1.00 bits per heavy atom. The van der Waals surface area contributed by atoms with E-state index in [0.29, 0.717) is 28.8 Å². The Labute approximate surface area is 215 Å². The number of rotatable bonds is 12. The predicted octanol–water partition coefficient (Wildman–Crippen LogP) is 4.60. The molecule has 0 heterocycles. The van der Waals surface area contributed by atoms with Crippen LogP contribution in [0.15, 0.2) is 77.7 Å². The lowest BCUT2D eigenvalue weighted by Crippen LogP contribution is -2.41. The maximum Gasteiger partial charge on any atom is 0.264 e. The molecule has 1 amide bonds. The fraction of sp³-hybridized carbons (Fsp3) is 0.240. The highest BCUT2D eigenvalue weighted by atomic mass is 35.5. The van der Waals surface area contributed by atoms with Gasteiger partial charge in [-0.3, -0.25) is 9.10 Å². The molecule has 0 saturated carbocycles. The van der Waals surface area contributed by atoms with E-state index in [-0.39, 0.29) is 10.6 Å². The van der Waals surface area contributed by atoms with E-state index >= 15 is 0 Å². The highest BCUT2D eigenvalue weighted by molar-refractivity contribution is 7.98. The minimum Gasteiger partial charge on any atom is -0.497 e. The summed E-state index contributed by atoms with van der Waals surface area (Å²) in [4.78, 5) is 12.9. The van der Waals surface area contributed by atoms with Gasteiger partial charge >= 0.3 is 0 Å². The topological polar surface area (TPSA) is 84.9 Å². The zero-order valence-corrected chi connectivity index (χ0v) is 21.8. The third-order valence-corrected chi connectivity index (χ3v) is 8.04. The lowest BCUT2D eigenvalue weighted by atomic mass is 10.2. The number of hydrogen-bond donors (Lipinski definition) is 1. The van der Waals surface area contributed by atoms with Crippen LogP contribution in [-0.4, -0.2) is 47.4 Å². The van der Waals surface area contributed by atoms with Crippen molar-refractivity contribution in [2.75, 3.05) is 37.4 Å². The van der Waals surface area contributed by atoms with Crippen LogP contribution in [0.1, 0.15) is 5.56 Å². The normalized spacial score (nSPS) is 11.1. The van der Waals surface area contributed by atoms with Gasteiger partial charge in [0.25, 0.3) is 10.0 Å². The molecule has 0 aliphatic rings. The molecule has 35 heavy (non-hydrogen) atoms. The maximum atomic E-state index is 13.5. The van der Waals surface area contributed by atoms with Gasteiger partial charge in [0, 0.05) is 29.1 Å². The number of nitrogens with one attached hydrogen (secondary N) is 1. The number of ether oxygens (including phenoxy) is 2. The van der Waals surface area contributed by atoms with Crippen molar-refractivity contribution < 1.29 is 22.7 Å². The molecule has 1 N–H and O–H groups in total. The molecule has 0 aliphatic heterocycles. The predicted molar refractivity (Wildman–Crippen MR) is 141 cm³/mol. The number of halogens is 1. The van der Waals surface area contributed by atoms with Crippen molar-refractivity contribution in [1.82, 2.24) is 5.32 Å². The lowest BCUT2D eigenvalue weighted by Gasteiger charge is -2.26. The highest BCUT2D eigenvalue weighted by Crippen LogP contribution is 2.35. The number of amides is 1. The molecular weight excluding hydrogens is 508 g/mol. The first-order valence-corrected chi connectivity index (χ1v) is 13.7. The van der Waals surface area contributed by atoms with E-state index in [1.165, 1.54) is 32.4 Å². The Hall–Kier alpha value is -2.88. The van der Waals surface area contributed by atoms with E-state index in [1.807, 2.05) is 24.3 Å². The van der Waals surface area contributed by atoms with Crippen LogP contribution in [0.2, 0.25) is 5.02 Å². The fourth-order valence-corrected chi connectivity index (χ4v) is 5.74. The van der Waals surface area contributed by atoms with Gasteiger partial charge in [-0.05, 0) is 42.0 Å². The second-order valence-electron chi connectivity index (χ2n) is 7.39. The van der Waals surface area contributed by atoms with Gasteiger partial charge in [-0.2, -0.15) is 11.8 Å². The van der Waals surface area contributed by atoms with E-state index < -0.39 is 22.5 Å². The number of methoxy groups -OCH3 is 2. The highest BCUT2D eigenvalue weighted by Gasteiger charge is 2.29. The van der Waals surface area contributed by atoms with Gasteiger partial charge in [0.2, 0.25) is 5.91 Å². The van der Waals surface area contributed by atoms with Crippen LogP contribution >= 0.6 is 23.4 Å². The molecule has 0 atom stereocenters. The second kappa shape index (κ2) is 12.7. The summed E-state index contributed by atoms with van der Waals surface area (Å²) in [6.07, 6.45) is 0. The number of carbonyl (C=O) groups is 1. The first-order valence-electron chi connectivity index (χ1n) is 10.7. The van der Waals surface area contributed by atoms with Gasteiger partial charge in [0.1, 0.15) is 18.0 Å². The Balaban J connectivity index is 1.73. The molecule has 186 valence electrons. The maximum absolute atomic E-state index is 13.5. The average molecular weight is 535 g/mol. The van der Waals surface area contributed by atoms with Crippen molar-refractivity contribution in [3.63, 3.8) is 0 Å². The van der Waals surface area contributed by atoms with Crippen LogP contribution in [0.3, 0.4) is 0 Å². The number of thioether (sulfide) groups is 1. The Kier molecular flexibility index (Phi) is 9.71. The molecule has 0 unspecified atom stereocenters. The van der Waals surface area contributed by atoms with Gasteiger partial charge in [0.05, 0.1) is 24.8 Å². The largest absolute Gasteiger partial charge is 0.497 e. The lowest BCUT2D eigenvalue weighted by molar-refractivity contribution is -0.119. The number of nitrogens with zero attached hydrogens (tertiary/aromatic N) is 1. The molecule has 3 rings (SSSR count). The van der Waals surface area contributed by atoms with Gasteiger partial charge in [-0.1, -0.05) is 41.9 Å². The minimum atomic E-state index is -4.06. The second-order valence-corrected chi connectivity index (χ2v) is 10.8. The van der Waals surface area contributed by atoms with Gasteiger partial charge in [0.15, 0.2) is 0 Å². The Morgan fingerprint density at radius 3 is 2.46 bits per heavy atom. The van der Waals surface area contributed by atoms with Crippen molar-refractivity contribution in [3.8, 4) is 11.5 Å². The number of anilines is 1. The Morgan fingerprint density at radius 2 is 1.77 bits per heavy atom. The smallest absolute Gasteiger partial charge is 0.264 e. The van der Waals surface area contributed by atoms with Crippen molar-refractivity contribution in [2.24, 2.45) is 0 Å². The molecular formula is C25H27ClN2O5S2. The number of sulfonamides is 1. The molecule has 0 aromatic heterocycles. The van der Waals surface area contributed by atoms with Crippen molar-refractivity contribution in [3.05, 3.63) is 83.4 Å². The van der Waals surface area contributed by atoms with Crippen molar-refractivity contribution in [1.29, 1.82) is 0 Å². The number of hydrogen-bond acceptors (Lipinski definition) is 6. The summed E-state index contributed by atoms with van der Waals surface area (Å²) >= 11 is 7.65. The molecule has 0 bridgehead atoms. The molecule has 0 spiro atoms. The number of benzene rings is 3. The first kappa shape index (κ1) is 26.7. The number of carbonyl (C=O) groups excluding carboxylic acids is 1. The summed E-state index contributed by atoms with van der Waals surface area (Å²) < 4.78 is 38.8. The van der Waals surface area contributed by atoms with Gasteiger partial charge in [-0.15, -0.1) is 0 Å². The minimum absolute atomic E-state index is 0.0646. The third kappa shape index (κ3) is 7.30. The van der Waals surface area contributed by atoms with Gasteiger partial charge in [-0.25, -0.2) is 8.42 Å². The molecule has 10 heteroatoms. The van der Waals surface area contributed by atoms with Crippen LogP contribution in [-0.2, 0) is 20.6 Å². The van der Waals surface area contributed by atoms with Crippen molar-refractivity contribution in [2.45, 2.75) is 10.6 Å². The van der Waals surface area contributed by atoms with E-state index in [9.17, 15) is 13.2 Å². The molecule has 0 fully saturated rings. The quantitative estimate of drug-likeness (QED) is 0.342. The van der Waals surface area contributed by atoms with Crippen LogP contribution in [0.4, 0.5) is 5.69 Å². The molecule has 0 aliphatic carbocycles. The Bertz CT molecular complexity index is 1240. The van der Waals surface area contributed by atoms with E-state index in [0.717, 1.165) is 15.6 Å². The van der Waals surface area contributed by atoms with Crippen LogP contribution in [0.5, 0.6) is 11.5 Å². The summed E-state index contributed by atoms with van der Waals surface area (Å²) in [5, 5.41) is 3.49. The summed E-state index contributed by atoms with van der Waals surface area (Å²) in [5.74, 6) is 1.72. The van der Waals surface area contributed by atoms with Crippen LogP contribution in [0.25, 0.3) is 0 Å². The van der Waals surface area contributed by atoms with E-state index in [1.54, 1.807) is 42.1 Å². The standard InChI is InChI=1S/C25H27ClN2O5S2/c1-32-21-11-12-24(33-2)23(16-21)28(35(30,31)22-9-4-3-5-10-22)17-25(29)27-13-14-34-18-19-7-6-8-20(26)15-19/h3-12,15-16H,13-14,17-18H2,1-2H3,(H,27,29). The van der Waals surface area contributed by atoms with E-state index in [4.69, 9.17) is 21.1 Å². The summed E-state index contributed by atoms with van der Waals surface area (Å²) in [5.41, 5.74) is 1.31. The zero-order chi connectivity index (χ0) is 25.3. The summed E-state index contributed by atoms with van der Waals surface area (Å²) in [6, 6.07) is 20.4. The molecule has 3 aromatic carbocycles. The fourth-order valence-electron chi connectivity index (χ4n) is 3.28. The van der Waals surface area contributed by atoms with Crippen LogP contribution < -0.4 is 19.1 Å². The summed E-state index contributed by atoms with van der Waals surface area (Å²) in [6.45, 7) is -0.0295. The first-order chi connectivity index (χ1) is 16.8. The molecule has 3 aromatic rings. The van der Waals surface area contributed by atoms with Crippen molar-refractivity contribution >= 4 is 45.0 Å². The zero-order valence-electron chi connectivity index (χ0n) is 19.4. The molecule has 0 radical (unpaired) electrons. The third-order valence-electron chi connectivity index (χ3n) is 5.00. The van der Waals surface area contributed by atoms with E-state index in [2.05, 4.69) is 5.32 Å². The SMILES string of the molecule is COc1ccc(OC)c(N(CC(=O)NCCSCc2cccc(Cl)c2)S(=O)(=O)c2ccccc2)c1. The average Bonchev–Trinajstić information content (AvgIpc) is 2.87. The summed E-state index contributed by atoms with van der Waals surface area (Å²) in [7, 11) is -1.14. The van der Waals surface area contributed by atoms with Gasteiger partial charge < -0.3 is 14.8 Å². The molecule has 7 nitrogen and oxygen atoms in total.